The smallest absolute Gasteiger partial charge is 0.410 e. The zero-order chi connectivity index (χ0) is 31.6. The van der Waals surface area contributed by atoms with Crippen LogP contribution in [0.4, 0.5) is 16.2 Å². The van der Waals surface area contributed by atoms with Crippen molar-refractivity contribution in [2.45, 2.75) is 52.2 Å². The normalized spacial score (nSPS) is 20.0. The number of anilines is 2. The number of hydrogen-bond donors (Lipinski definition) is 3. The number of amidine groups is 1. The number of nitrogens with one attached hydrogen (secondary N) is 2. The summed E-state index contributed by atoms with van der Waals surface area (Å²) in [7, 11) is 1.61. The highest BCUT2D eigenvalue weighted by molar-refractivity contribution is 6.31. The molecule has 11 nitrogen and oxygen atoms in total. The number of allylic oxidation sites excluding steroid dienone is 2. The molecule has 0 radical (unpaired) electrons. The van der Waals surface area contributed by atoms with Gasteiger partial charge in [-0.3, -0.25) is 15.2 Å². The van der Waals surface area contributed by atoms with Crippen molar-refractivity contribution in [2.24, 2.45) is 10.7 Å². The first-order chi connectivity index (χ1) is 21.0. The second-order valence-electron chi connectivity index (χ2n) is 12.0. The van der Waals surface area contributed by atoms with Gasteiger partial charge in [0.25, 0.3) is 5.91 Å². The Balaban J connectivity index is 1.38. The number of ether oxygens (including phenoxy) is 2. The highest BCUT2D eigenvalue weighted by atomic mass is 35.5. The number of aliphatic imine (C=N–C) groups is 1. The maximum atomic E-state index is 12.9. The minimum atomic E-state index is -0.828. The Morgan fingerprint density at radius 1 is 1.14 bits per heavy atom. The molecule has 4 N–H and O–H groups in total. The number of hydrazine groups is 1. The molecule has 2 aromatic carbocycles. The Kier molecular flexibility index (Phi) is 9.07. The van der Waals surface area contributed by atoms with Crippen molar-refractivity contribution >= 4 is 40.8 Å². The molecule has 5 rings (SSSR count). The summed E-state index contributed by atoms with van der Waals surface area (Å²) in [5.41, 5.74) is 13.3. The van der Waals surface area contributed by atoms with Gasteiger partial charge in [-0.1, -0.05) is 36.7 Å². The molecule has 3 heterocycles. The molecule has 1 saturated heterocycles. The van der Waals surface area contributed by atoms with Crippen LogP contribution in [0.25, 0.3) is 0 Å². The highest BCUT2D eigenvalue weighted by Crippen LogP contribution is 2.32. The number of halogens is 1. The van der Waals surface area contributed by atoms with E-state index in [1.807, 2.05) is 82.6 Å². The summed E-state index contributed by atoms with van der Waals surface area (Å²) < 4.78 is 11.3. The summed E-state index contributed by atoms with van der Waals surface area (Å²) in [5, 5.41) is 2.38. The van der Waals surface area contributed by atoms with Gasteiger partial charge >= 0.3 is 6.09 Å². The zero-order valence-electron chi connectivity index (χ0n) is 25.9. The third-order valence-corrected chi connectivity index (χ3v) is 8.10. The van der Waals surface area contributed by atoms with E-state index in [1.54, 1.807) is 17.0 Å². The maximum absolute atomic E-state index is 12.9. The molecular weight excluding hydrogens is 582 g/mol. The molecule has 0 aromatic heterocycles. The van der Waals surface area contributed by atoms with Crippen molar-refractivity contribution < 1.29 is 24.0 Å². The topological polar surface area (TPSA) is 117 Å². The number of hydrogen-bond acceptors (Lipinski definition) is 8. The number of rotatable bonds is 8. The number of piperazine rings is 1. The van der Waals surface area contributed by atoms with Crippen molar-refractivity contribution in [1.29, 1.82) is 0 Å². The molecule has 234 valence electrons. The maximum Gasteiger partial charge on any atom is 0.410 e. The molecule has 2 aromatic rings. The Morgan fingerprint density at radius 2 is 1.86 bits per heavy atom. The van der Waals surface area contributed by atoms with E-state index in [4.69, 9.17) is 31.8 Å². The van der Waals surface area contributed by atoms with Crippen LogP contribution in [0.3, 0.4) is 0 Å². The van der Waals surface area contributed by atoms with Crippen LogP contribution in [0.2, 0.25) is 5.02 Å². The van der Waals surface area contributed by atoms with Gasteiger partial charge in [0.1, 0.15) is 23.2 Å². The van der Waals surface area contributed by atoms with Gasteiger partial charge in [-0.25, -0.2) is 9.69 Å². The molecule has 12 heteroatoms. The first-order valence-electron chi connectivity index (χ1n) is 14.8. The lowest BCUT2D eigenvalue weighted by atomic mass is 10.1. The lowest BCUT2D eigenvalue weighted by Crippen LogP contribution is -3.11. The fourth-order valence-electron chi connectivity index (χ4n) is 5.52. The second kappa shape index (κ2) is 12.8. The summed E-state index contributed by atoms with van der Waals surface area (Å²) in [4.78, 5) is 35.0. The van der Waals surface area contributed by atoms with Gasteiger partial charge in [0.05, 0.1) is 31.1 Å². The molecule has 0 saturated carbocycles. The van der Waals surface area contributed by atoms with Gasteiger partial charge in [0, 0.05) is 43.0 Å². The Bertz CT molecular complexity index is 1510. The van der Waals surface area contributed by atoms with Crippen molar-refractivity contribution in [2.75, 3.05) is 43.6 Å². The molecular formula is C32H41ClN7O4+. The predicted octanol–water partition coefficient (Wildman–Crippen LogP) is 3.53. The fraction of sp³-hybridized carbons (Fsp3) is 0.406. The van der Waals surface area contributed by atoms with E-state index in [0.717, 1.165) is 34.0 Å². The molecule has 3 aliphatic rings. The average Bonchev–Trinajstić information content (AvgIpc) is 3.42. The second-order valence-corrected chi connectivity index (χ2v) is 12.4. The number of nitrogens with two attached hydrogens (primary N) is 1. The highest BCUT2D eigenvalue weighted by Gasteiger charge is 2.44. The van der Waals surface area contributed by atoms with Crippen molar-refractivity contribution in [3.63, 3.8) is 0 Å². The first kappa shape index (κ1) is 31.2. The van der Waals surface area contributed by atoms with E-state index >= 15 is 0 Å². The van der Waals surface area contributed by atoms with E-state index in [9.17, 15) is 9.59 Å². The van der Waals surface area contributed by atoms with E-state index in [1.165, 1.54) is 0 Å². The van der Waals surface area contributed by atoms with Gasteiger partial charge in [0.2, 0.25) is 11.9 Å². The van der Waals surface area contributed by atoms with E-state index in [-0.39, 0.29) is 6.09 Å². The Labute approximate surface area is 263 Å². The summed E-state index contributed by atoms with van der Waals surface area (Å²) in [5.74, 6) is 0.688. The van der Waals surface area contributed by atoms with Crippen molar-refractivity contribution in [1.82, 2.24) is 9.91 Å². The van der Waals surface area contributed by atoms with Crippen LogP contribution in [0.5, 0.6) is 5.75 Å². The van der Waals surface area contributed by atoms with Crippen LogP contribution >= 0.6 is 11.6 Å². The van der Waals surface area contributed by atoms with Gasteiger partial charge in [-0.15, -0.1) is 0 Å². The minimum absolute atomic E-state index is 0.296. The molecule has 3 aliphatic heterocycles. The lowest BCUT2D eigenvalue weighted by molar-refractivity contribution is -0.704. The van der Waals surface area contributed by atoms with E-state index in [0.29, 0.717) is 54.9 Å². The molecule has 2 atom stereocenters. The van der Waals surface area contributed by atoms with Crippen molar-refractivity contribution in [3.8, 4) is 5.75 Å². The van der Waals surface area contributed by atoms with Crippen LogP contribution in [0.1, 0.15) is 39.7 Å². The average molecular weight is 623 g/mol. The van der Waals surface area contributed by atoms with Crippen LogP contribution in [0.15, 0.2) is 71.3 Å². The number of quaternary nitrogens is 1. The number of primary amides is 1. The summed E-state index contributed by atoms with van der Waals surface area (Å²) in [6.45, 7) is 10.1. The monoisotopic (exact) mass is 622 g/mol. The quantitative estimate of drug-likeness (QED) is 0.412. The zero-order valence-corrected chi connectivity index (χ0v) is 26.6. The number of carbonyl (C=O) groups excluding carboxylic acids is 2. The summed E-state index contributed by atoms with van der Waals surface area (Å²) in [6.07, 6.45) is 4.92. The fourth-order valence-corrected chi connectivity index (χ4v) is 5.72. The molecule has 0 spiro atoms. The van der Waals surface area contributed by atoms with Gasteiger partial charge in [0.15, 0.2) is 0 Å². The number of nitrogens with zero attached hydrogens (tertiary/aromatic N) is 4. The summed E-state index contributed by atoms with van der Waals surface area (Å²) >= 11 is 6.52. The van der Waals surface area contributed by atoms with Crippen LogP contribution in [-0.4, -0.2) is 72.7 Å². The van der Waals surface area contributed by atoms with Gasteiger partial charge in [-0.05, 0) is 51.0 Å². The largest absolute Gasteiger partial charge is 0.494 e. The summed E-state index contributed by atoms with van der Waals surface area (Å²) in [6, 6.07) is 12.8. The van der Waals surface area contributed by atoms with Crippen LogP contribution < -0.4 is 25.7 Å². The van der Waals surface area contributed by atoms with Crippen LogP contribution in [-0.2, 0) is 16.0 Å². The van der Waals surface area contributed by atoms with Gasteiger partial charge in [-0.2, -0.15) is 4.99 Å². The third kappa shape index (κ3) is 6.79. The van der Waals surface area contributed by atoms with Gasteiger partial charge < -0.3 is 25.0 Å². The Morgan fingerprint density at radius 3 is 2.50 bits per heavy atom. The Hall–Kier alpha value is -4.22. The molecule has 0 aliphatic carbocycles. The molecule has 44 heavy (non-hydrogen) atoms. The third-order valence-electron chi connectivity index (χ3n) is 7.73. The molecule has 1 fully saturated rings. The number of amides is 2. The predicted molar refractivity (Wildman–Crippen MR) is 171 cm³/mol. The molecule has 0 bridgehead atoms. The van der Waals surface area contributed by atoms with Crippen LogP contribution in [0, 0.1) is 0 Å². The molecule has 2 amide bonds. The minimum Gasteiger partial charge on any atom is -0.494 e. The number of fused-ring (bicyclic) bond motifs is 1. The number of benzene rings is 2. The number of carbonyl (C=O) groups is 2. The first-order valence-corrected chi connectivity index (χ1v) is 15.2. The standard InChI is InChI=1S/C32H40ClN7O4/c1-6-22-19-39-24(17-21-9-7-8-10-25(21)33)20-40(28(29(34)41)30(39)35-22)36-26-12-11-23(18-27(26)43-5)37-13-15-38(16-14-37)31(42)44-32(2,3)4/h7-12,18-20,28,36H,6,13-17H2,1-5H3,(H2,34,41)/p+1. The van der Waals surface area contributed by atoms with E-state index in [2.05, 4.69) is 10.3 Å². The van der Waals surface area contributed by atoms with Crippen molar-refractivity contribution in [3.05, 3.63) is 76.8 Å². The lowest BCUT2D eigenvalue weighted by Gasteiger charge is -2.37. The SMILES string of the molecule is CCC1=C[NH+]2C(Cc3ccccc3Cl)=CN(Nc3ccc(N4CCN(C(=O)OC(C)(C)C)CC4)cc3OC)C(C(N)=O)C2=N1. The number of methoxy groups -OCH3 is 1. The molecule has 2 unspecified atom stereocenters. The van der Waals surface area contributed by atoms with E-state index < -0.39 is 17.6 Å².